The molecule has 11 heteroatoms. The van der Waals surface area contributed by atoms with Gasteiger partial charge in [-0.1, -0.05) is 66.2 Å². The number of halogens is 1. The molecule has 10 nitrogen and oxygen atoms in total. The fourth-order valence-corrected chi connectivity index (χ4v) is 7.31. The van der Waals surface area contributed by atoms with Gasteiger partial charge in [-0.3, -0.25) is 24.5 Å². The van der Waals surface area contributed by atoms with Crippen LogP contribution in [0.15, 0.2) is 96.1 Å². The number of ether oxygens (including phenoxy) is 1. The normalized spacial score (nSPS) is 22.9. The molecule has 4 aliphatic rings. The van der Waals surface area contributed by atoms with Crippen LogP contribution in [0.3, 0.4) is 0 Å². The Morgan fingerprint density at radius 2 is 1.66 bits per heavy atom. The zero-order chi connectivity index (χ0) is 30.7. The van der Waals surface area contributed by atoms with Crippen LogP contribution >= 0.6 is 11.6 Å². The molecule has 2 atom stereocenters. The maximum Gasteiger partial charge on any atom is 0.294 e. The zero-order valence-electron chi connectivity index (χ0n) is 23.1. The van der Waals surface area contributed by atoms with Gasteiger partial charge < -0.3 is 4.74 Å². The molecule has 0 radical (unpaired) electrons. The number of carbonyl (C=O) groups excluding carboxylic acids is 3. The molecule has 2 bridgehead atoms. The Morgan fingerprint density at radius 3 is 2.32 bits per heavy atom. The molecule has 1 saturated heterocycles. The minimum Gasteiger partial charge on any atom is -0.497 e. The van der Waals surface area contributed by atoms with Gasteiger partial charge in [0.1, 0.15) is 11.4 Å². The standard InChI is InChI=1S/C33H23ClN4O6/c1-44-20-8-6-7-18(15-20)30(39)36-35-17-33-23-11-4-2-9-21(23)27(22-10-3-5-12-24(22)33)28-29(33)32(41)37(31(28)40)25-14-13-19(34)16-26(25)38(42)43/h2-17,27-29H,1H3,(H,36,39)/b35-17-/t27?,28-,29-,33?/m1/s1. The summed E-state index contributed by atoms with van der Waals surface area (Å²) in [6.07, 6.45) is 1.53. The summed E-state index contributed by atoms with van der Waals surface area (Å²) in [4.78, 5) is 54.2. The summed E-state index contributed by atoms with van der Waals surface area (Å²) in [5.74, 6) is -3.46. The molecule has 1 heterocycles. The van der Waals surface area contributed by atoms with E-state index in [4.69, 9.17) is 16.3 Å². The van der Waals surface area contributed by atoms with Crippen molar-refractivity contribution >= 4 is 46.9 Å². The van der Waals surface area contributed by atoms with Crippen molar-refractivity contribution in [2.45, 2.75) is 11.3 Å². The van der Waals surface area contributed by atoms with Gasteiger partial charge in [0.25, 0.3) is 11.6 Å². The van der Waals surface area contributed by atoms with Gasteiger partial charge in [0.05, 0.1) is 29.3 Å². The summed E-state index contributed by atoms with van der Waals surface area (Å²) in [6, 6.07) is 25.6. The Kier molecular flexibility index (Phi) is 6.33. The number of imide groups is 1. The van der Waals surface area contributed by atoms with Crippen molar-refractivity contribution in [2.75, 3.05) is 12.0 Å². The van der Waals surface area contributed by atoms with Gasteiger partial charge in [0.2, 0.25) is 11.8 Å². The third kappa shape index (κ3) is 3.80. The first-order valence-corrected chi connectivity index (χ1v) is 14.1. The molecule has 4 aromatic carbocycles. The topological polar surface area (TPSA) is 131 Å². The van der Waals surface area contributed by atoms with E-state index in [1.807, 2.05) is 48.5 Å². The van der Waals surface area contributed by atoms with Gasteiger partial charge in [0, 0.05) is 28.8 Å². The molecule has 1 aliphatic heterocycles. The highest BCUT2D eigenvalue weighted by Gasteiger charge is 2.68. The van der Waals surface area contributed by atoms with Gasteiger partial charge >= 0.3 is 0 Å². The van der Waals surface area contributed by atoms with Crippen molar-refractivity contribution in [3.8, 4) is 5.75 Å². The number of nitro benzene ring substituents is 1. The van der Waals surface area contributed by atoms with Crippen LogP contribution in [0.1, 0.15) is 38.5 Å². The van der Waals surface area contributed by atoms with Crippen LogP contribution < -0.4 is 15.1 Å². The number of nitrogens with zero attached hydrogens (tertiary/aromatic N) is 3. The maximum absolute atomic E-state index is 14.5. The van der Waals surface area contributed by atoms with Crippen molar-refractivity contribution in [2.24, 2.45) is 16.9 Å². The lowest BCUT2D eigenvalue weighted by Crippen LogP contribution is -2.54. The molecule has 0 unspecified atom stereocenters. The van der Waals surface area contributed by atoms with E-state index < -0.39 is 51.5 Å². The Bertz CT molecular complexity index is 1890. The molecule has 0 aromatic heterocycles. The predicted octanol–water partition coefficient (Wildman–Crippen LogP) is 5.22. The second-order valence-electron chi connectivity index (χ2n) is 10.9. The number of amides is 3. The number of anilines is 1. The second-order valence-corrected chi connectivity index (χ2v) is 11.3. The van der Waals surface area contributed by atoms with Crippen molar-refractivity contribution in [1.82, 2.24) is 5.43 Å². The van der Waals surface area contributed by atoms with E-state index in [9.17, 15) is 24.5 Å². The number of carbonyl (C=O) groups is 3. The highest BCUT2D eigenvalue weighted by Crippen LogP contribution is 2.64. The summed E-state index contributed by atoms with van der Waals surface area (Å²) in [5.41, 5.74) is 4.29. The third-order valence-electron chi connectivity index (χ3n) is 8.83. The van der Waals surface area contributed by atoms with Crippen LogP contribution in [0.2, 0.25) is 5.02 Å². The molecular formula is C33H23ClN4O6. The van der Waals surface area contributed by atoms with Crippen LogP contribution in [0, 0.1) is 22.0 Å². The van der Waals surface area contributed by atoms with Gasteiger partial charge in [-0.25, -0.2) is 10.3 Å². The van der Waals surface area contributed by atoms with E-state index in [2.05, 4.69) is 10.5 Å². The smallest absolute Gasteiger partial charge is 0.294 e. The number of hydrazone groups is 1. The first kappa shape index (κ1) is 27.5. The van der Waals surface area contributed by atoms with Gasteiger partial charge in [-0.05, 0) is 52.6 Å². The summed E-state index contributed by atoms with van der Waals surface area (Å²) in [7, 11) is 1.50. The van der Waals surface area contributed by atoms with Crippen molar-refractivity contribution in [3.63, 3.8) is 0 Å². The van der Waals surface area contributed by atoms with Crippen LogP contribution in [0.25, 0.3) is 0 Å². The number of methoxy groups -OCH3 is 1. The van der Waals surface area contributed by atoms with Crippen LogP contribution in [-0.4, -0.2) is 36.0 Å². The number of benzene rings is 4. The summed E-state index contributed by atoms with van der Waals surface area (Å²) < 4.78 is 5.22. The number of hydrogen-bond acceptors (Lipinski definition) is 7. The lowest BCUT2D eigenvalue weighted by molar-refractivity contribution is -0.384. The van der Waals surface area contributed by atoms with Gasteiger partial charge in [-0.15, -0.1) is 0 Å². The van der Waals surface area contributed by atoms with E-state index in [1.54, 1.807) is 24.3 Å². The first-order valence-electron chi connectivity index (χ1n) is 13.8. The van der Waals surface area contributed by atoms with E-state index in [0.717, 1.165) is 33.2 Å². The maximum atomic E-state index is 14.5. The molecular weight excluding hydrogens is 584 g/mol. The van der Waals surface area contributed by atoms with E-state index in [0.29, 0.717) is 11.3 Å². The van der Waals surface area contributed by atoms with Crippen molar-refractivity contribution in [3.05, 3.63) is 134 Å². The lowest BCUT2D eigenvalue weighted by atomic mass is 9.47. The van der Waals surface area contributed by atoms with E-state index >= 15 is 0 Å². The molecule has 44 heavy (non-hydrogen) atoms. The summed E-state index contributed by atoms with van der Waals surface area (Å²) in [6.45, 7) is 0. The fourth-order valence-electron chi connectivity index (χ4n) is 7.14. The quantitative estimate of drug-likeness (QED) is 0.138. The SMILES string of the molecule is COc1cccc(C(=O)N/N=C\C23c4ccccc4C(c4ccccc42)[C@H]2C(=O)N(c4ccc(Cl)cc4[N+](=O)[O-])C(=O)[C@@H]23)c1. The molecule has 0 spiro atoms. The van der Waals surface area contributed by atoms with E-state index in [-0.39, 0.29) is 10.7 Å². The Labute approximate surface area is 256 Å². The van der Waals surface area contributed by atoms with Crippen LogP contribution in [0.4, 0.5) is 11.4 Å². The number of nitro groups is 1. The van der Waals surface area contributed by atoms with Crippen LogP contribution in [0.5, 0.6) is 5.75 Å². The molecule has 218 valence electrons. The lowest BCUT2D eigenvalue weighted by Gasteiger charge is -2.52. The Morgan fingerprint density at radius 1 is 0.977 bits per heavy atom. The fraction of sp³-hybridized carbons (Fsp3) is 0.152. The molecule has 3 aliphatic carbocycles. The summed E-state index contributed by atoms with van der Waals surface area (Å²) in [5, 5.41) is 16.5. The Balaban J connectivity index is 1.40. The average molecular weight is 607 g/mol. The average Bonchev–Trinajstić information content (AvgIpc) is 3.31. The van der Waals surface area contributed by atoms with Crippen molar-refractivity contribution in [1.29, 1.82) is 0 Å². The van der Waals surface area contributed by atoms with Gasteiger partial charge in [-0.2, -0.15) is 5.10 Å². The number of nitrogens with one attached hydrogen (secondary N) is 1. The molecule has 3 amide bonds. The molecule has 4 aromatic rings. The predicted molar refractivity (Wildman–Crippen MR) is 162 cm³/mol. The molecule has 0 saturated carbocycles. The highest BCUT2D eigenvalue weighted by atomic mass is 35.5. The van der Waals surface area contributed by atoms with Gasteiger partial charge in [0.15, 0.2) is 0 Å². The highest BCUT2D eigenvalue weighted by molar-refractivity contribution is 6.31. The molecule has 8 rings (SSSR count). The monoisotopic (exact) mass is 606 g/mol. The van der Waals surface area contributed by atoms with E-state index in [1.165, 1.54) is 25.5 Å². The third-order valence-corrected chi connectivity index (χ3v) is 9.06. The first-order chi connectivity index (χ1) is 21.3. The summed E-state index contributed by atoms with van der Waals surface area (Å²) >= 11 is 6.05. The minimum atomic E-state index is -1.27. The Hall–Kier alpha value is -5.35. The second kappa shape index (κ2) is 10.1. The van der Waals surface area contributed by atoms with Crippen LogP contribution in [-0.2, 0) is 15.0 Å². The largest absolute Gasteiger partial charge is 0.497 e. The number of rotatable bonds is 6. The molecule has 1 N–H and O–H groups in total. The van der Waals surface area contributed by atoms with Crippen molar-refractivity contribution < 1.29 is 24.0 Å². The zero-order valence-corrected chi connectivity index (χ0v) is 23.9. The number of hydrogen-bond donors (Lipinski definition) is 1. The minimum absolute atomic E-state index is 0.104. The molecule has 1 fully saturated rings.